The average Bonchev–Trinajstić information content (AvgIpc) is 3.27. The minimum Gasteiger partial charge on any atom is -0.455 e. The second-order valence-electron chi connectivity index (χ2n) is 10.8. The van der Waals surface area contributed by atoms with Crippen LogP contribution in [0.25, 0.3) is 44.3 Å². The van der Waals surface area contributed by atoms with Gasteiger partial charge in [-0.25, -0.2) is 0 Å². The highest BCUT2D eigenvalue weighted by Crippen LogP contribution is 2.39. The van der Waals surface area contributed by atoms with Gasteiger partial charge >= 0.3 is 0 Å². The normalized spacial score (nSPS) is 16.5. The molecular weight excluding hydrogens is 428 g/mol. The molecule has 1 fully saturated rings. The largest absolute Gasteiger partial charge is 0.455 e. The minimum atomic E-state index is -0.456. The van der Waals surface area contributed by atoms with E-state index < -0.39 is 5.89 Å². The summed E-state index contributed by atoms with van der Waals surface area (Å²) in [6, 6.07) is 25.2. The molecule has 0 radical (unpaired) electrons. The first-order valence-corrected chi connectivity index (χ1v) is 12.7. The van der Waals surface area contributed by atoms with Crippen molar-refractivity contribution >= 4 is 21.9 Å². The smallest absolute Gasteiger partial charge is 0.144 e. The van der Waals surface area contributed by atoms with E-state index in [1.165, 1.54) is 6.42 Å². The van der Waals surface area contributed by atoms with Gasteiger partial charge in [-0.2, -0.15) is 10.2 Å². The molecule has 0 saturated heterocycles. The lowest BCUT2D eigenvalue weighted by Crippen LogP contribution is -2.16. The van der Waals surface area contributed by atoms with E-state index >= 15 is 0 Å². The summed E-state index contributed by atoms with van der Waals surface area (Å²) in [5.41, 5.74) is 7.58. The number of rotatable bonds is 3. The second kappa shape index (κ2) is 8.64. The molecule has 0 spiro atoms. The van der Waals surface area contributed by atoms with Crippen molar-refractivity contribution in [3.05, 3.63) is 84.1 Å². The van der Waals surface area contributed by atoms with E-state index in [2.05, 4.69) is 80.5 Å². The monoisotopic (exact) mass is 461 g/mol. The first-order chi connectivity index (χ1) is 17.3. The summed E-state index contributed by atoms with van der Waals surface area (Å²) in [5, 5.41) is 11.6. The predicted octanol–water partition coefficient (Wildman–Crippen LogP) is 9.06. The van der Waals surface area contributed by atoms with Crippen LogP contribution in [0.3, 0.4) is 0 Å². The summed E-state index contributed by atoms with van der Waals surface area (Å²) in [7, 11) is 0. The molecule has 1 saturated carbocycles. The molecule has 0 bridgehead atoms. The van der Waals surface area contributed by atoms with E-state index in [1.54, 1.807) is 0 Å². The molecule has 0 amide bonds. The first kappa shape index (κ1) is 20.9. The Hall–Kier alpha value is -3.46. The lowest BCUT2D eigenvalue weighted by Gasteiger charge is -2.23. The van der Waals surface area contributed by atoms with Gasteiger partial charge in [0.25, 0.3) is 0 Å². The van der Waals surface area contributed by atoms with E-state index in [-0.39, 0.29) is 5.41 Å². The quantitative estimate of drug-likeness (QED) is 0.269. The Kier molecular flexibility index (Phi) is 5.15. The lowest BCUT2D eigenvalue weighted by molar-refractivity contribution is 0.443. The van der Waals surface area contributed by atoms with Crippen molar-refractivity contribution < 1.29 is 5.79 Å². The van der Waals surface area contributed by atoms with Gasteiger partial charge in [0.15, 0.2) is 0 Å². The fourth-order valence-electron chi connectivity index (χ4n) is 5.40. The zero-order valence-electron chi connectivity index (χ0n) is 21.8. The summed E-state index contributed by atoms with van der Waals surface area (Å²) >= 11 is 0. The molecular formula is C32H32N2O. The van der Waals surface area contributed by atoms with Gasteiger partial charge in [-0.1, -0.05) is 94.6 Å². The molecule has 1 aliphatic rings. The topological polar surface area (TPSA) is 38.9 Å². The van der Waals surface area contributed by atoms with Crippen molar-refractivity contribution in [1.82, 2.24) is 10.2 Å². The van der Waals surface area contributed by atoms with Gasteiger partial charge < -0.3 is 4.42 Å². The number of hydrogen-bond donors (Lipinski definition) is 0. The van der Waals surface area contributed by atoms with Crippen LogP contribution in [-0.4, -0.2) is 10.2 Å². The summed E-state index contributed by atoms with van der Waals surface area (Å²) < 4.78 is 15.3. The van der Waals surface area contributed by atoms with Crippen LogP contribution in [0.5, 0.6) is 0 Å². The number of benzene rings is 3. The van der Waals surface area contributed by atoms with Crippen LogP contribution in [0.4, 0.5) is 0 Å². The fourth-order valence-corrected chi connectivity index (χ4v) is 5.40. The molecule has 2 aromatic heterocycles. The van der Waals surface area contributed by atoms with Crippen molar-refractivity contribution in [1.29, 1.82) is 0 Å². The Morgan fingerprint density at radius 2 is 1.54 bits per heavy atom. The molecule has 6 rings (SSSR count). The first-order valence-electron chi connectivity index (χ1n) is 13.2. The Morgan fingerprint density at radius 3 is 2.31 bits per heavy atom. The summed E-state index contributed by atoms with van der Waals surface area (Å²) in [6.07, 6.45) is 5.43. The van der Waals surface area contributed by atoms with Gasteiger partial charge in [-0.3, -0.25) is 0 Å². The highest BCUT2D eigenvalue weighted by Gasteiger charge is 2.24. The summed E-state index contributed by atoms with van der Waals surface area (Å²) in [6.45, 7) is 6.53. The zero-order chi connectivity index (χ0) is 24.9. The van der Waals surface area contributed by atoms with Crippen molar-refractivity contribution in [3.8, 4) is 22.4 Å². The molecule has 5 aromatic rings. The second-order valence-corrected chi connectivity index (χ2v) is 10.8. The van der Waals surface area contributed by atoms with Crippen LogP contribution in [0.2, 0.25) is 0 Å². The van der Waals surface area contributed by atoms with Crippen molar-refractivity contribution in [2.24, 2.45) is 0 Å². The Labute approximate surface area is 208 Å². The average molecular weight is 462 g/mol. The Balaban J connectivity index is 1.48. The Bertz CT molecular complexity index is 1550. The summed E-state index contributed by atoms with van der Waals surface area (Å²) in [4.78, 5) is 0. The summed E-state index contributed by atoms with van der Waals surface area (Å²) in [5.74, 6) is -0.456. The van der Waals surface area contributed by atoms with Gasteiger partial charge in [0.05, 0.1) is 11.4 Å². The third-order valence-electron chi connectivity index (χ3n) is 7.25. The third kappa shape index (κ3) is 4.03. The molecule has 0 unspecified atom stereocenters. The fraction of sp³-hybridized carbons (Fsp3) is 0.312. The molecule has 3 aromatic carbocycles. The number of hydrogen-bond acceptors (Lipinski definition) is 3. The van der Waals surface area contributed by atoms with Gasteiger partial charge in [-0.15, -0.1) is 0 Å². The van der Waals surface area contributed by atoms with Gasteiger partial charge in [0.1, 0.15) is 11.2 Å². The molecule has 3 heteroatoms. The van der Waals surface area contributed by atoms with E-state index in [1.807, 2.05) is 18.2 Å². The highest BCUT2D eigenvalue weighted by atomic mass is 16.3. The lowest BCUT2D eigenvalue weighted by atomic mass is 9.82. The van der Waals surface area contributed by atoms with E-state index in [4.69, 9.17) is 10.9 Å². The maximum Gasteiger partial charge on any atom is 0.144 e. The zero-order valence-corrected chi connectivity index (χ0v) is 20.8. The van der Waals surface area contributed by atoms with Crippen LogP contribution in [0.1, 0.15) is 71.4 Å². The molecule has 0 aliphatic heterocycles. The van der Waals surface area contributed by atoms with E-state index in [0.717, 1.165) is 81.3 Å². The highest BCUT2D eigenvalue weighted by molar-refractivity contribution is 6.09. The molecule has 2 heterocycles. The van der Waals surface area contributed by atoms with Crippen LogP contribution in [-0.2, 0) is 5.41 Å². The van der Waals surface area contributed by atoms with Crippen molar-refractivity contribution in [3.63, 3.8) is 0 Å². The van der Waals surface area contributed by atoms with Gasteiger partial charge in [0, 0.05) is 28.7 Å². The standard InChI is InChI=1S/C32H32N2O/c1-32(2,3)31-27(23-18-16-22(17-19-23)21-10-5-4-6-11-21)20-28(33-34-31)26-14-9-13-25-24-12-7-8-15-29(24)35-30(25)26/h7-9,12-21H,4-6,10-11H2,1-3H3/i21D. The number of fused-ring (bicyclic) bond motifs is 3. The van der Waals surface area contributed by atoms with E-state index in [0.29, 0.717) is 0 Å². The molecule has 176 valence electrons. The molecule has 1 aliphatic carbocycles. The van der Waals surface area contributed by atoms with Crippen molar-refractivity contribution in [2.75, 3.05) is 0 Å². The maximum absolute atomic E-state index is 9.01. The number of nitrogens with zero attached hydrogens (tertiary/aromatic N) is 2. The van der Waals surface area contributed by atoms with Crippen LogP contribution in [0, 0.1) is 0 Å². The molecule has 35 heavy (non-hydrogen) atoms. The third-order valence-corrected chi connectivity index (χ3v) is 7.25. The number of furan rings is 1. The van der Waals surface area contributed by atoms with Crippen LogP contribution >= 0.6 is 0 Å². The number of aromatic nitrogens is 2. The van der Waals surface area contributed by atoms with Crippen LogP contribution < -0.4 is 0 Å². The minimum absolute atomic E-state index is 0.162. The molecule has 0 atom stereocenters. The predicted molar refractivity (Wildman–Crippen MR) is 145 cm³/mol. The van der Waals surface area contributed by atoms with Crippen molar-refractivity contribution in [2.45, 2.75) is 64.2 Å². The van der Waals surface area contributed by atoms with Gasteiger partial charge in [-0.05, 0) is 48.1 Å². The Morgan fingerprint density at radius 1 is 0.800 bits per heavy atom. The maximum atomic E-state index is 9.01. The molecule has 3 nitrogen and oxygen atoms in total. The van der Waals surface area contributed by atoms with E-state index in [9.17, 15) is 0 Å². The molecule has 0 N–H and O–H groups in total. The SMILES string of the molecule is [2H]C1(c2ccc(-c3cc(-c4cccc5c4oc4ccccc45)nnc3C(C)(C)C)cc2)CCCCC1. The van der Waals surface area contributed by atoms with Gasteiger partial charge in [0.2, 0.25) is 0 Å². The number of para-hydroxylation sites is 2. The van der Waals surface area contributed by atoms with Crippen LogP contribution in [0.15, 0.2) is 77.2 Å².